The maximum Gasteiger partial charge on any atom is 0.246 e. The number of hydrogen-bond acceptors (Lipinski definition) is 7. The first-order valence-corrected chi connectivity index (χ1v) is 17.1. The predicted octanol–water partition coefficient (Wildman–Crippen LogP) is 3.03. The summed E-state index contributed by atoms with van der Waals surface area (Å²) in [7, 11) is 0. The average Bonchev–Trinajstić information content (AvgIpc) is 3.61. The van der Waals surface area contributed by atoms with Crippen LogP contribution >= 0.6 is 11.3 Å². The number of likely N-dealkylation sites (tertiary alicyclic amines) is 1. The van der Waals surface area contributed by atoms with Crippen LogP contribution in [0.15, 0.2) is 66.2 Å². The van der Waals surface area contributed by atoms with Crippen LogP contribution in [0.3, 0.4) is 0 Å². The normalized spacial score (nSPS) is 19.0. The molecule has 3 aromatic rings. The van der Waals surface area contributed by atoms with Gasteiger partial charge in [0.05, 0.1) is 12.6 Å². The van der Waals surface area contributed by atoms with Crippen molar-refractivity contribution in [2.24, 2.45) is 11.7 Å². The fraction of sp³-hybridized carbons (Fsp3) is 0.429. The van der Waals surface area contributed by atoms with E-state index < -0.39 is 18.0 Å². The maximum atomic E-state index is 13.9. The second-order valence-corrected chi connectivity index (χ2v) is 13.4. The number of carbonyl (C=O) groups is 4. The molecule has 5 rings (SSSR count). The molecule has 2 aliphatic heterocycles. The molecule has 4 N–H and O–H groups in total. The number of ketones is 1. The van der Waals surface area contributed by atoms with Gasteiger partial charge in [-0.05, 0) is 56.1 Å². The zero-order valence-electron chi connectivity index (χ0n) is 26.8. The van der Waals surface area contributed by atoms with Crippen molar-refractivity contribution < 1.29 is 19.2 Å². The van der Waals surface area contributed by atoms with Crippen LogP contribution < -0.4 is 11.1 Å². The Hall–Kier alpha value is -4.58. The number of guanidine groups is 1. The first-order valence-electron chi connectivity index (χ1n) is 16.2. The highest BCUT2D eigenvalue weighted by atomic mass is 32.1. The standard InChI is InChI=1S/C35H43N7O4S/c1-24-11-13-25(14-12-24)9-5-16-40-23-31(44)42(29(34(40)46)20-26-7-3-2-4-8-26)22-30(43)39-28(32(45)33-38-15-18-47-33)19-27-10-6-17-41(21-27)35(36)37/h2-4,7-8,11-15,18,27-29H,5-6,9-10,16-17,19-23H2,1H3,(H3,36,37)(H,39,43)/t27-,28-,29+/m0/s1. The summed E-state index contributed by atoms with van der Waals surface area (Å²) in [6.45, 7) is 3.23. The Labute approximate surface area is 279 Å². The van der Waals surface area contributed by atoms with Crippen LogP contribution in [0.5, 0.6) is 0 Å². The number of hydrogen-bond donors (Lipinski definition) is 3. The van der Waals surface area contributed by atoms with E-state index in [0.717, 1.165) is 24.8 Å². The van der Waals surface area contributed by atoms with Crippen molar-refractivity contribution in [2.45, 2.75) is 57.5 Å². The van der Waals surface area contributed by atoms with Gasteiger partial charge in [-0.2, -0.15) is 0 Å². The van der Waals surface area contributed by atoms with E-state index in [1.165, 1.54) is 27.4 Å². The Balaban J connectivity index is 1.29. The second kappa shape index (κ2) is 15.8. The highest BCUT2D eigenvalue weighted by molar-refractivity contribution is 7.11. The number of nitrogens with zero attached hydrogens (tertiary/aromatic N) is 4. The minimum atomic E-state index is -0.869. The molecule has 0 aliphatic carbocycles. The van der Waals surface area contributed by atoms with E-state index in [1.54, 1.807) is 21.4 Å². The number of aromatic nitrogens is 1. The van der Waals surface area contributed by atoms with Crippen molar-refractivity contribution in [1.29, 1.82) is 5.41 Å². The van der Waals surface area contributed by atoms with Gasteiger partial charge in [-0.25, -0.2) is 4.98 Å². The molecule has 3 atom stereocenters. The van der Waals surface area contributed by atoms with Crippen molar-refractivity contribution in [3.05, 3.63) is 87.9 Å². The van der Waals surface area contributed by atoms with Crippen molar-refractivity contribution in [2.75, 3.05) is 32.7 Å². The number of piperazine rings is 1. The second-order valence-electron chi connectivity index (χ2n) is 12.5. The van der Waals surface area contributed by atoms with Gasteiger partial charge >= 0.3 is 0 Å². The van der Waals surface area contributed by atoms with Crippen LogP contribution in [0.4, 0.5) is 0 Å². The lowest BCUT2D eigenvalue weighted by molar-refractivity contribution is -0.157. The smallest absolute Gasteiger partial charge is 0.246 e. The molecule has 2 fully saturated rings. The summed E-state index contributed by atoms with van der Waals surface area (Å²) in [4.78, 5) is 63.6. The highest BCUT2D eigenvalue weighted by Gasteiger charge is 2.40. The molecule has 0 bridgehead atoms. The molecule has 2 aromatic carbocycles. The van der Waals surface area contributed by atoms with Crippen molar-refractivity contribution in [3.8, 4) is 0 Å². The zero-order chi connectivity index (χ0) is 33.3. The molecule has 248 valence electrons. The van der Waals surface area contributed by atoms with E-state index in [9.17, 15) is 19.2 Å². The summed E-state index contributed by atoms with van der Waals surface area (Å²) in [5.74, 6) is -1.28. The highest BCUT2D eigenvalue weighted by Crippen LogP contribution is 2.24. The Bertz CT molecular complexity index is 1550. The molecular formula is C35H43N7O4S. The monoisotopic (exact) mass is 657 g/mol. The first kappa shape index (κ1) is 33.8. The molecule has 3 heterocycles. The molecule has 0 radical (unpaired) electrons. The number of carbonyl (C=O) groups excluding carboxylic acids is 4. The summed E-state index contributed by atoms with van der Waals surface area (Å²) < 4.78 is 0. The van der Waals surface area contributed by atoms with Gasteiger partial charge < -0.3 is 25.8 Å². The molecule has 11 nitrogen and oxygen atoms in total. The molecule has 12 heteroatoms. The Kier molecular flexibility index (Phi) is 11.4. The fourth-order valence-electron chi connectivity index (χ4n) is 6.43. The van der Waals surface area contributed by atoms with Gasteiger partial charge in [-0.15, -0.1) is 11.3 Å². The number of nitrogens with one attached hydrogen (secondary N) is 2. The summed E-state index contributed by atoms with van der Waals surface area (Å²) in [5, 5.41) is 12.7. The summed E-state index contributed by atoms with van der Waals surface area (Å²) in [5.41, 5.74) is 8.98. The van der Waals surface area contributed by atoms with Crippen molar-refractivity contribution in [3.63, 3.8) is 0 Å². The maximum absolute atomic E-state index is 13.9. The summed E-state index contributed by atoms with van der Waals surface area (Å²) in [6, 6.07) is 16.0. The van der Waals surface area contributed by atoms with Gasteiger partial charge in [-0.3, -0.25) is 24.6 Å². The molecule has 0 unspecified atom stereocenters. The Morgan fingerprint density at radius 1 is 1.11 bits per heavy atom. The van der Waals surface area contributed by atoms with Gasteiger partial charge in [0.2, 0.25) is 23.5 Å². The number of benzene rings is 2. The van der Waals surface area contributed by atoms with Crippen LogP contribution in [0.25, 0.3) is 0 Å². The number of amides is 3. The van der Waals surface area contributed by atoms with Crippen LogP contribution in [-0.4, -0.2) is 94.0 Å². The number of Topliss-reactive ketones (excluding diaryl/α,β-unsaturated/α-hetero) is 1. The van der Waals surface area contributed by atoms with Crippen LogP contribution in [0.1, 0.15) is 52.2 Å². The molecule has 0 spiro atoms. The quantitative estimate of drug-likeness (QED) is 0.145. The minimum Gasteiger partial charge on any atom is -0.370 e. The number of rotatable bonds is 13. The fourth-order valence-corrected chi connectivity index (χ4v) is 7.06. The predicted molar refractivity (Wildman–Crippen MR) is 181 cm³/mol. The summed E-state index contributed by atoms with van der Waals surface area (Å²) in [6.07, 6.45) is 5.33. The van der Waals surface area contributed by atoms with Crippen molar-refractivity contribution in [1.82, 2.24) is 25.0 Å². The van der Waals surface area contributed by atoms with Gasteiger partial charge in [0.15, 0.2) is 11.0 Å². The minimum absolute atomic E-state index is 0.0107. The van der Waals surface area contributed by atoms with Crippen LogP contribution in [0.2, 0.25) is 0 Å². The molecule has 1 aromatic heterocycles. The first-order chi connectivity index (χ1) is 22.7. The Morgan fingerprint density at radius 3 is 2.57 bits per heavy atom. The van der Waals surface area contributed by atoms with E-state index in [-0.39, 0.29) is 49.0 Å². The third kappa shape index (κ3) is 9.03. The van der Waals surface area contributed by atoms with Crippen LogP contribution in [-0.2, 0) is 27.2 Å². The SMILES string of the molecule is Cc1ccc(CCCN2CC(=O)N(CC(=O)N[C@@H](C[C@@H]3CCCN(C(=N)N)C3)C(=O)c3nccs3)[C@H](Cc3ccccc3)C2=O)cc1. The zero-order valence-corrected chi connectivity index (χ0v) is 27.6. The third-order valence-corrected chi connectivity index (χ3v) is 9.73. The number of aryl methyl sites for hydroxylation is 2. The van der Waals surface area contributed by atoms with E-state index in [1.807, 2.05) is 37.3 Å². The van der Waals surface area contributed by atoms with Crippen molar-refractivity contribution >= 4 is 40.8 Å². The number of thiazole rings is 1. The van der Waals surface area contributed by atoms with Gasteiger partial charge in [0.25, 0.3) is 0 Å². The lowest BCUT2D eigenvalue weighted by Crippen LogP contribution is -2.62. The lowest BCUT2D eigenvalue weighted by Gasteiger charge is -2.40. The van der Waals surface area contributed by atoms with Crippen LogP contribution in [0, 0.1) is 18.3 Å². The molecular weight excluding hydrogens is 614 g/mol. The summed E-state index contributed by atoms with van der Waals surface area (Å²) >= 11 is 1.21. The molecule has 2 aliphatic rings. The number of piperidine rings is 1. The van der Waals surface area contributed by atoms with Gasteiger partial charge in [-0.1, -0.05) is 60.2 Å². The van der Waals surface area contributed by atoms with Gasteiger partial charge in [0.1, 0.15) is 12.6 Å². The largest absolute Gasteiger partial charge is 0.370 e. The molecule has 2 saturated heterocycles. The van der Waals surface area contributed by atoms with E-state index >= 15 is 0 Å². The van der Waals surface area contributed by atoms with E-state index in [0.29, 0.717) is 37.5 Å². The lowest BCUT2D eigenvalue weighted by atomic mass is 9.90. The third-order valence-electron chi connectivity index (χ3n) is 8.94. The van der Waals surface area contributed by atoms with E-state index in [4.69, 9.17) is 11.1 Å². The molecule has 0 saturated carbocycles. The molecule has 47 heavy (non-hydrogen) atoms. The van der Waals surface area contributed by atoms with Gasteiger partial charge in [0, 0.05) is 37.6 Å². The number of nitrogens with two attached hydrogens (primary N) is 1. The Morgan fingerprint density at radius 2 is 1.87 bits per heavy atom. The molecule has 3 amide bonds. The topological polar surface area (TPSA) is 153 Å². The average molecular weight is 658 g/mol. The van der Waals surface area contributed by atoms with E-state index in [2.05, 4.69) is 34.6 Å².